The van der Waals surface area contributed by atoms with Crippen LogP contribution in [0, 0.1) is 5.82 Å². The van der Waals surface area contributed by atoms with Gasteiger partial charge in [-0.15, -0.1) is 0 Å². The average Bonchev–Trinajstić information content (AvgIpc) is 3.07. The smallest absolute Gasteiger partial charge is 0.430 e. The third kappa shape index (κ3) is 4.93. The monoisotopic (exact) mass is 409 g/mol. The lowest BCUT2D eigenvalue weighted by atomic mass is 10.2. The Morgan fingerprint density at radius 1 is 1.48 bits per heavy atom. The molecule has 1 unspecified atom stereocenters. The number of hydrogen-bond donors (Lipinski definition) is 2. The molecule has 1 fully saturated rings. The first-order chi connectivity index (χ1) is 13.9. The number of nitrogens with zero attached hydrogens (tertiary/aromatic N) is 4. The number of nitrogens with one attached hydrogen (secondary N) is 1. The molecule has 0 bridgehead atoms. The number of benzene rings is 1. The van der Waals surface area contributed by atoms with Crippen LogP contribution in [0.3, 0.4) is 0 Å². The van der Waals surface area contributed by atoms with Gasteiger partial charge in [0.2, 0.25) is 0 Å². The molecule has 2 N–H and O–H groups in total. The second kappa shape index (κ2) is 9.05. The number of halogens is 1. The number of hydrogen-bond acceptors (Lipinski definition) is 8. The molecule has 29 heavy (non-hydrogen) atoms. The number of carbonyl (C=O) groups excluding carboxylic acids is 2. The van der Waals surface area contributed by atoms with Crippen LogP contribution in [0.25, 0.3) is 0 Å². The Labute approximate surface area is 167 Å². The van der Waals surface area contributed by atoms with Crippen molar-refractivity contribution in [2.24, 2.45) is 5.10 Å². The molecule has 1 aromatic rings. The quantitative estimate of drug-likeness (QED) is 0.682. The predicted octanol–water partition coefficient (Wildman–Crippen LogP) is 1.30. The average molecular weight is 409 g/mol. The lowest BCUT2D eigenvalue weighted by molar-refractivity contribution is 0.108. The molecule has 2 aliphatic rings. The van der Waals surface area contributed by atoms with Crippen LogP contribution in [0.1, 0.15) is 13.8 Å². The first kappa shape index (κ1) is 20.8. The van der Waals surface area contributed by atoms with Gasteiger partial charge in [0.15, 0.2) is 0 Å². The van der Waals surface area contributed by atoms with Crippen molar-refractivity contribution in [3.8, 4) is 0 Å². The number of hydrazone groups is 1. The number of amides is 2. The van der Waals surface area contributed by atoms with Gasteiger partial charge in [0.1, 0.15) is 24.5 Å². The zero-order chi connectivity index (χ0) is 21.0. The summed E-state index contributed by atoms with van der Waals surface area (Å²) in [5.74, 6) is -0.531. The van der Waals surface area contributed by atoms with Crippen molar-refractivity contribution in [3.63, 3.8) is 0 Å². The molecule has 1 saturated heterocycles. The Hall–Kier alpha value is -2.92. The summed E-state index contributed by atoms with van der Waals surface area (Å²) in [7, 11) is 0. The van der Waals surface area contributed by atoms with Crippen LogP contribution < -0.4 is 15.1 Å². The molecule has 10 nitrogen and oxygen atoms in total. The van der Waals surface area contributed by atoms with E-state index in [0.29, 0.717) is 18.8 Å². The number of ether oxygens (including phenoxy) is 2. The number of aliphatic hydroxyl groups excluding tert-OH is 1. The van der Waals surface area contributed by atoms with E-state index >= 15 is 0 Å². The zero-order valence-electron chi connectivity index (χ0n) is 16.2. The highest BCUT2D eigenvalue weighted by atomic mass is 19.1. The Morgan fingerprint density at radius 2 is 2.28 bits per heavy atom. The van der Waals surface area contributed by atoms with Gasteiger partial charge >= 0.3 is 12.2 Å². The molecule has 1 aromatic carbocycles. The number of cyclic esters (lactones) is 1. The van der Waals surface area contributed by atoms with E-state index in [2.05, 4.69) is 10.4 Å². The minimum atomic E-state index is -0.717. The maximum absolute atomic E-state index is 14.7. The van der Waals surface area contributed by atoms with Crippen LogP contribution in [0.15, 0.2) is 23.3 Å². The number of rotatable bonds is 6. The van der Waals surface area contributed by atoms with Crippen LogP contribution in [-0.4, -0.2) is 73.8 Å². The Kier molecular flexibility index (Phi) is 6.49. The van der Waals surface area contributed by atoms with Crippen LogP contribution in [-0.2, 0) is 9.47 Å². The molecule has 158 valence electrons. The fourth-order valence-corrected chi connectivity index (χ4v) is 3.00. The summed E-state index contributed by atoms with van der Waals surface area (Å²) in [5.41, 5.74) is 0.652. The highest BCUT2D eigenvalue weighted by Gasteiger charge is 2.33. The summed E-state index contributed by atoms with van der Waals surface area (Å²) in [6.45, 7) is 4.66. The van der Waals surface area contributed by atoms with E-state index in [1.54, 1.807) is 30.9 Å². The number of aliphatic hydroxyl groups is 1. The molecule has 0 radical (unpaired) electrons. The van der Waals surface area contributed by atoms with Crippen LogP contribution in [0.5, 0.6) is 0 Å². The molecular weight excluding hydrogens is 385 g/mol. The SMILES string of the molecule is CCOC(=O)N1CCN(c2ccc(N3C[C@H](CNC(C)O)OC3=O)cc2F)C=N1. The summed E-state index contributed by atoms with van der Waals surface area (Å²) in [6, 6.07) is 4.42. The fraction of sp³-hybridized carbons (Fsp3) is 0.500. The number of anilines is 2. The standard InChI is InChI=1S/C18H24FN5O5/c1-3-28-18(27)24-7-6-22(11-21-24)16-5-4-13(8-15(16)19)23-10-14(29-17(23)26)9-20-12(2)25/h4-5,8,11-12,14,20,25H,3,6-7,9-10H2,1-2H3/t12?,14-/m0/s1. The molecule has 0 spiro atoms. The number of carbonyl (C=O) groups is 2. The van der Waals surface area contributed by atoms with Gasteiger partial charge in [0, 0.05) is 13.1 Å². The molecule has 2 aliphatic heterocycles. The van der Waals surface area contributed by atoms with Crippen LogP contribution in [0.4, 0.5) is 25.4 Å². The predicted molar refractivity (Wildman–Crippen MR) is 103 cm³/mol. The van der Waals surface area contributed by atoms with Crippen LogP contribution in [0.2, 0.25) is 0 Å². The van der Waals surface area contributed by atoms with Crippen molar-refractivity contribution in [1.29, 1.82) is 0 Å². The first-order valence-corrected chi connectivity index (χ1v) is 9.33. The summed E-state index contributed by atoms with van der Waals surface area (Å²) in [6.07, 6.45) is -0.917. The van der Waals surface area contributed by atoms with Crippen molar-refractivity contribution in [2.45, 2.75) is 26.2 Å². The molecular formula is C18H24FN5O5. The maximum atomic E-state index is 14.7. The Morgan fingerprint density at radius 3 is 2.90 bits per heavy atom. The van der Waals surface area contributed by atoms with Gasteiger partial charge in [0.25, 0.3) is 0 Å². The van der Waals surface area contributed by atoms with Gasteiger partial charge < -0.3 is 19.5 Å². The molecule has 0 aliphatic carbocycles. The maximum Gasteiger partial charge on any atom is 0.430 e. The van der Waals surface area contributed by atoms with Crippen molar-refractivity contribution >= 4 is 29.9 Å². The lowest BCUT2D eigenvalue weighted by Gasteiger charge is -2.28. The van der Waals surface area contributed by atoms with Gasteiger partial charge in [-0.3, -0.25) is 10.2 Å². The molecule has 0 aromatic heterocycles. The van der Waals surface area contributed by atoms with Gasteiger partial charge in [-0.05, 0) is 32.0 Å². The highest BCUT2D eigenvalue weighted by Crippen LogP contribution is 2.28. The topological polar surface area (TPSA) is 107 Å². The van der Waals surface area contributed by atoms with Crippen molar-refractivity contribution in [1.82, 2.24) is 10.3 Å². The molecule has 3 rings (SSSR count). The minimum absolute atomic E-state index is 0.247. The van der Waals surface area contributed by atoms with Gasteiger partial charge in [0.05, 0.1) is 31.1 Å². The lowest BCUT2D eigenvalue weighted by Crippen LogP contribution is -2.41. The Bertz CT molecular complexity index is 790. The van der Waals surface area contributed by atoms with E-state index in [-0.39, 0.29) is 25.4 Å². The second-order valence-electron chi connectivity index (χ2n) is 6.58. The summed E-state index contributed by atoms with van der Waals surface area (Å²) < 4.78 is 24.8. The fourth-order valence-electron chi connectivity index (χ4n) is 3.00. The molecule has 2 atom stereocenters. The summed E-state index contributed by atoms with van der Waals surface area (Å²) >= 11 is 0. The molecule has 2 heterocycles. The highest BCUT2D eigenvalue weighted by molar-refractivity contribution is 5.90. The third-order valence-corrected chi connectivity index (χ3v) is 4.43. The van der Waals surface area contributed by atoms with Crippen molar-refractivity contribution < 1.29 is 28.6 Å². The van der Waals surface area contributed by atoms with Gasteiger partial charge in [-0.25, -0.2) is 14.0 Å². The Balaban J connectivity index is 1.66. The molecule has 2 amide bonds. The molecule has 11 heteroatoms. The van der Waals surface area contributed by atoms with Gasteiger partial charge in [-0.1, -0.05) is 0 Å². The van der Waals surface area contributed by atoms with E-state index in [4.69, 9.17) is 9.47 Å². The van der Waals surface area contributed by atoms with E-state index in [1.807, 2.05) is 0 Å². The normalized spacial score (nSPS) is 20.1. The summed E-state index contributed by atoms with van der Waals surface area (Å²) in [5, 5.41) is 17.2. The van der Waals surface area contributed by atoms with Gasteiger partial charge in [-0.2, -0.15) is 10.1 Å². The third-order valence-electron chi connectivity index (χ3n) is 4.43. The van der Waals surface area contributed by atoms with E-state index in [1.165, 1.54) is 22.3 Å². The van der Waals surface area contributed by atoms with E-state index in [0.717, 1.165) is 0 Å². The van der Waals surface area contributed by atoms with E-state index < -0.39 is 30.3 Å². The largest absolute Gasteiger partial charge is 0.448 e. The van der Waals surface area contributed by atoms with E-state index in [9.17, 15) is 19.1 Å². The van der Waals surface area contributed by atoms with Crippen LogP contribution >= 0.6 is 0 Å². The summed E-state index contributed by atoms with van der Waals surface area (Å²) in [4.78, 5) is 26.7. The minimum Gasteiger partial charge on any atom is -0.448 e. The van der Waals surface area contributed by atoms with Crippen molar-refractivity contribution in [3.05, 3.63) is 24.0 Å². The zero-order valence-corrected chi connectivity index (χ0v) is 16.2. The first-order valence-electron chi connectivity index (χ1n) is 9.33. The second-order valence-corrected chi connectivity index (χ2v) is 6.58. The molecule has 0 saturated carbocycles. The van der Waals surface area contributed by atoms with Crippen molar-refractivity contribution in [2.75, 3.05) is 42.6 Å².